The molecule has 1 saturated heterocycles. The fraction of sp³-hybridized carbons (Fsp3) is 0.625. The topological polar surface area (TPSA) is 53.1 Å². The molecular weight excluding hydrogens is 154 g/mol. The molecule has 4 nitrogen and oxygen atoms in total. The first-order valence-electron chi connectivity index (χ1n) is 4.18. The third-order valence-corrected chi connectivity index (χ3v) is 2.22. The van der Waals surface area contributed by atoms with Crippen LogP contribution in [0.1, 0.15) is 19.4 Å². The molecule has 1 aliphatic rings. The monoisotopic (exact) mass is 167 g/mol. The molecule has 1 aromatic rings. The van der Waals surface area contributed by atoms with Gasteiger partial charge in [0.1, 0.15) is 5.82 Å². The standard InChI is InChI=1S/C8H13N3O/c1-6-4-7(5-12-6)11-8(9)2-3-10-11/h2-3,6-7H,4-5,9H2,1H3. The summed E-state index contributed by atoms with van der Waals surface area (Å²) < 4.78 is 7.26. The van der Waals surface area contributed by atoms with E-state index in [1.165, 1.54) is 0 Å². The van der Waals surface area contributed by atoms with Crippen LogP contribution in [0, 0.1) is 0 Å². The highest BCUT2D eigenvalue weighted by molar-refractivity contribution is 5.26. The lowest BCUT2D eigenvalue weighted by molar-refractivity contribution is 0.120. The van der Waals surface area contributed by atoms with Crippen molar-refractivity contribution in [2.75, 3.05) is 12.3 Å². The summed E-state index contributed by atoms with van der Waals surface area (Å²) in [6, 6.07) is 2.14. The van der Waals surface area contributed by atoms with Crippen LogP contribution in [0.5, 0.6) is 0 Å². The molecule has 0 amide bonds. The van der Waals surface area contributed by atoms with E-state index >= 15 is 0 Å². The number of nitrogens with zero attached hydrogens (tertiary/aromatic N) is 2. The molecule has 0 saturated carbocycles. The molecule has 1 aliphatic heterocycles. The van der Waals surface area contributed by atoms with Gasteiger partial charge in [-0.1, -0.05) is 0 Å². The van der Waals surface area contributed by atoms with Crippen LogP contribution in [0.3, 0.4) is 0 Å². The number of rotatable bonds is 1. The van der Waals surface area contributed by atoms with Crippen molar-refractivity contribution in [2.45, 2.75) is 25.5 Å². The van der Waals surface area contributed by atoms with E-state index in [1.807, 2.05) is 10.7 Å². The second kappa shape index (κ2) is 2.79. The normalized spacial score (nSPS) is 29.4. The minimum Gasteiger partial charge on any atom is -0.384 e. The quantitative estimate of drug-likeness (QED) is 0.673. The lowest BCUT2D eigenvalue weighted by Crippen LogP contribution is -2.12. The second-order valence-corrected chi connectivity index (χ2v) is 3.23. The van der Waals surface area contributed by atoms with Gasteiger partial charge >= 0.3 is 0 Å². The largest absolute Gasteiger partial charge is 0.384 e. The van der Waals surface area contributed by atoms with Crippen LogP contribution in [0.15, 0.2) is 12.3 Å². The highest BCUT2D eigenvalue weighted by atomic mass is 16.5. The molecule has 2 N–H and O–H groups in total. The lowest BCUT2D eigenvalue weighted by atomic mass is 10.2. The molecule has 4 heteroatoms. The van der Waals surface area contributed by atoms with Gasteiger partial charge in [-0.15, -0.1) is 0 Å². The van der Waals surface area contributed by atoms with Crippen molar-refractivity contribution in [1.82, 2.24) is 9.78 Å². The highest BCUT2D eigenvalue weighted by Gasteiger charge is 2.24. The molecular formula is C8H13N3O. The van der Waals surface area contributed by atoms with Crippen LogP contribution >= 0.6 is 0 Å². The maximum atomic E-state index is 5.71. The van der Waals surface area contributed by atoms with Crippen molar-refractivity contribution >= 4 is 5.82 Å². The van der Waals surface area contributed by atoms with Crippen LogP contribution in [0.25, 0.3) is 0 Å². The van der Waals surface area contributed by atoms with E-state index in [-0.39, 0.29) is 0 Å². The van der Waals surface area contributed by atoms with Gasteiger partial charge in [0, 0.05) is 0 Å². The van der Waals surface area contributed by atoms with E-state index in [2.05, 4.69) is 12.0 Å². The molecule has 0 radical (unpaired) electrons. The van der Waals surface area contributed by atoms with Gasteiger partial charge in [0.2, 0.25) is 0 Å². The summed E-state index contributed by atoms with van der Waals surface area (Å²) in [7, 11) is 0. The Morgan fingerprint density at radius 1 is 1.75 bits per heavy atom. The smallest absolute Gasteiger partial charge is 0.122 e. The summed E-state index contributed by atoms with van der Waals surface area (Å²) >= 11 is 0. The van der Waals surface area contributed by atoms with Crippen LogP contribution in [0.2, 0.25) is 0 Å². The SMILES string of the molecule is CC1CC(n2nccc2N)CO1. The number of anilines is 1. The molecule has 0 aliphatic carbocycles. The van der Waals surface area contributed by atoms with Crippen LogP contribution < -0.4 is 5.73 Å². The zero-order valence-electron chi connectivity index (χ0n) is 7.10. The number of aromatic nitrogens is 2. The van der Waals surface area contributed by atoms with E-state index in [4.69, 9.17) is 10.5 Å². The molecule has 66 valence electrons. The zero-order chi connectivity index (χ0) is 8.55. The van der Waals surface area contributed by atoms with E-state index in [0.29, 0.717) is 12.1 Å². The average molecular weight is 167 g/mol. The van der Waals surface area contributed by atoms with E-state index in [9.17, 15) is 0 Å². The molecule has 2 heterocycles. The molecule has 2 rings (SSSR count). The van der Waals surface area contributed by atoms with Gasteiger partial charge < -0.3 is 10.5 Å². The average Bonchev–Trinajstić information content (AvgIpc) is 2.58. The Kier molecular flexibility index (Phi) is 1.77. The Morgan fingerprint density at radius 2 is 2.58 bits per heavy atom. The van der Waals surface area contributed by atoms with Crippen LogP contribution in [-0.4, -0.2) is 22.5 Å². The molecule has 2 atom stereocenters. The maximum Gasteiger partial charge on any atom is 0.122 e. The number of ether oxygens (including phenoxy) is 1. The van der Waals surface area contributed by atoms with Gasteiger partial charge in [0.25, 0.3) is 0 Å². The number of nitrogen functional groups attached to an aromatic ring is 1. The van der Waals surface area contributed by atoms with Gasteiger partial charge in [-0.2, -0.15) is 5.10 Å². The summed E-state index contributed by atoms with van der Waals surface area (Å²) in [5.74, 6) is 0.720. The van der Waals surface area contributed by atoms with Crippen LogP contribution in [0.4, 0.5) is 5.82 Å². The summed E-state index contributed by atoms with van der Waals surface area (Å²) in [5.41, 5.74) is 5.71. The molecule has 12 heavy (non-hydrogen) atoms. The summed E-state index contributed by atoms with van der Waals surface area (Å²) in [4.78, 5) is 0. The molecule has 1 aromatic heterocycles. The fourth-order valence-electron chi connectivity index (χ4n) is 1.59. The molecule has 0 aromatic carbocycles. The first kappa shape index (κ1) is 7.61. The van der Waals surface area contributed by atoms with Gasteiger partial charge in [0.15, 0.2) is 0 Å². The Labute approximate surface area is 71.3 Å². The van der Waals surface area contributed by atoms with Gasteiger partial charge in [-0.05, 0) is 19.4 Å². The van der Waals surface area contributed by atoms with Gasteiger partial charge in [0.05, 0.1) is 24.9 Å². The van der Waals surface area contributed by atoms with Crippen molar-refractivity contribution < 1.29 is 4.74 Å². The number of hydrogen-bond acceptors (Lipinski definition) is 3. The molecule has 0 bridgehead atoms. The van der Waals surface area contributed by atoms with Crippen molar-refractivity contribution in [3.8, 4) is 0 Å². The van der Waals surface area contributed by atoms with E-state index in [0.717, 1.165) is 18.8 Å². The predicted octanol–water partition coefficient (Wildman–Crippen LogP) is 0.815. The predicted molar refractivity (Wildman–Crippen MR) is 45.7 cm³/mol. The first-order chi connectivity index (χ1) is 5.77. The highest BCUT2D eigenvalue weighted by Crippen LogP contribution is 2.24. The summed E-state index contributed by atoms with van der Waals surface area (Å²) in [6.07, 6.45) is 3.06. The number of nitrogens with two attached hydrogens (primary N) is 1. The molecule has 1 fully saturated rings. The van der Waals surface area contributed by atoms with Crippen molar-refractivity contribution in [3.63, 3.8) is 0 Å². The van der Waals surface area contributed by atoms with Crippen LogP contribution in [-0.2, 0) is 4.74 Å². The van der Waals surface area contributed by atoms with E-state index in [1.54, 1.807) is 6.20 Å². The van der Waals surface area contributed by atoms with Crippen molar-refractivity contribution in [3.05, 3.63) is 12.3 Å². The van der Waals surface area contributed by atoms with Crippen molar-refractivity contribution in [1.29, 1.82) is 0 Å². The first-order valence-corrected chi connectivity index (χ1v) is 4.18. The zero-order valence-corrected chi connectivity index (χ0v) is 7.10. The maximum absolute atomic E-state index is 5.71. The second-order valence-electron chi connectivity index (χ2n) is 3.23. The summed E-state index contributed by atoms with van der Waals surface area (Å²) in [5, 5.41) is 4.14. The Balaban J connectivity index is 2.16. The van der Waals surface area contributed by atoms with Gasteiger partial charge in [-0.3, -0.25) is 0 Å². The Morgan fingerprint density at radius 3 is 3.08 bits per heavy atom. The van der Waals surface area contributed by atoms with E-state index < -0.39 is 0 Å². The van der Waals surface area contributed by atoms with Gasteiger partial charge in [-0.25, -0.2) is 4.68 Å². The summed E-state index contributed by atoms with van der Waals surface area (Å²) in [6.45, 7) is 2.80. The lowest BCUT2D eigenvalue weighted by Gasteiger charge is -2.09. The van der Waals surface area contributed by atoms with Crippen molar-refractivity contribution in [2.24, 2.45) is 0 Å². The third kappa shape index (κ3) is 1.18. The third-order valence-electron chi connectivity index (χ3n) is 2.22. The number of hydrogen-bond donors (Lipinski definition) is 1. The molecule has 0 spiro atoms. The molecule has 2 unspecified atom stereocenters. The minimum atomic E-state index is 0.329. The minimum absolute atomic E-state index is 0.329. The Bertz CT molecular complexity index is 271. The Hall–Kier alpha value is -1.03. The fourth-order valence-corrected chi connectivity index (χ4v) is 1.59.